The molecule has 2 aromatic rings. The zero-order valence-electron chi connectivity index (χ0n) is 14.7. The maximum atomic E-state index is 12.4. The molecule has 0 radical (unpaired) electrons. The molecule has 0 aliphatic heterocycles. The molecule has 2 rings (SSSR count). The van der Waals surface area contributed by atoms with Gasteiger partial charge in [0, 0.05) is 25.2 Å². The highest BCUT2D eigenvalue weighted by Gasteiger charge is 2.19. The number of carbonyl (C=O) groups is 1. The third-order valence-electron chi connectivity index (χ3n) is 3.85. The van der Waals surface area contributed by atoms with Crippen LogP contribution in [0.3, 0.4) is 0 Å². The van der Waals surface area contributed by atoms with E-state index in [1.54, 1.807) is 7.11 Å². The van der Waals surface area contributed by atoms with Gasteiger partial charge in [0.05, 0.1) is 18.0 Å². The van der Waals surface area contributed by atoms with Gasteiger partial charge in [0.15, 0.2) is 0 Å². The highest BCUT2D eigenvalue weighted by atomic mass is 32.2. The Bertz CT molecular complexity index is 846. The normalized spacial score (nSPS) is 12.7. The molecule has 0 aliphatic rings. The smallest absolute Gasteiger partial charge is 0.251 e. The highest BCUT2D eigenvalue weighted by Crippen LogP contribution is 2.24. The van der Waals surface area contributed by atoms with Crippen LogP contribution in [0.5, 0.6) is 5.75 Å². The molecule has 6 nitrogen and oxygen atoms in total. The summed E-state index contributed by atoms with van der Waals surface area (Å²) in [7, 11) is 0.998. The largest absolute Gasteiger partial charge is 0.496 e. The highest BCUT2D eigenvalue weighted by molar-refractivity contribution is 7.89. The van der Waals surface area contributed by atoms with Gasteiger partial charge in [-0.3, -0.25) is 4.79 Å². The minimum Gasteiger partial charge on any atom is -0.496 e. The van der Waals surface area contributed by atoms with Gasteiger partial charge in [-0.1, -0.05) is 18.2 Å². The summed E-state index contributed by atoms with van der Waals surface area (Å²) < 4.78 is 30.6. The number of benzene rings is 2. The molecule has 1 amide bonds. The van der Waals surface area contributed by atoms with Gasteiger partial charge in [-0.25, -0.2) is 12.7 Å². The van der Waals surface area contributed by atoms with Crippen molar-refractivity contribution in [3.05, 3.63) is 59.7 Å². The van der Waals surface area contributed by atoms with Crippen LogP contribution < -0.4 is 10.1 Å². The monoisotopic (exact) mass is 362 g/mol. The van der Waals surface area contributed by atoms with Crippen molar-refractivity contribution in [1.82, 2.24) is 9.62 Å². The van der Waals surface area contributed by atoms with Gasteiger partial charge in [0.1, 0.15) is 5.75 Å². The van der Waals surface area contributed by atoms with Crippen LogP contribution in [0, 0.1) is 0 Å². The first kappa shape index (κ1) is 19.0. The second-order valence-electron chi connectivity index (χ2n) is 5.75. The topological polar surface area (TPSA) is 75.7 Å². The molecule has 134 valence electrons. The molecule has 0 aliphatic carbocycles. The first-order chi connectivity index (χ1) is 11.8. The number of amides is 1. The van der Waals surface area contributed by atoms with Crippen LogP contribution in [-0.2, 0) is 10.0 Å². The summed E-state index contributed by atoms with van der Waals surface area (Å²) in [6, 6.07) is 13.1. The summed E-state index contributed by atoms with van der Waals surface area (Å²) in [4.78, 5) is 12.6. The molecule has 2 aromatic carbocycles. The Hall–Kier alpha value is -2.38. The average Bonchev–Trinajstić information content (AvgIpc) is 2.61. The SMILES string of the molecule is COc1ccccc1[C@@H](C)NC(=O)c1ccc(S(=O)(=O)N(C)C)cc1. The van der Waals surface area contributed by atoms with E-state index in [1.807, 2.05) is 31.2 Å². The number of rotatable bonds is 6. The summed E-state index contributed by atoms with van der Waals surface area (Å²) in [5.74, 6) is 0.412. The third-order valence-corrected chi connectivity index (χ3v) is 5.68. The Morgan fingerprint density at radius 2 is 1.68 bits per heavy atom. The standard InChI is InChI=1S/C18H22N2O4S/c1-13(16-7-5-6-8-17(16)24-4)19-18(21)14-9-11-15(12-10-14)25(22,23)20(2)3/h5-13H,1-4H3,(H,19,21)/t13-/m1/s1. The molecule has 0 bridgehead atoms. The van der Waals surface area contributed by atoms with Gasteiger partial charge >= 0.3 is 0 Å². The second-order valence-corrected chi connectivity index (χ2v) is 7.90. The van der Waals surface area contributed by atoms with Crippen molar-refractivity contribution in [2.75, 3.05) is 21.2 Å². The van der Waals surface area contributed by atoms with Crippen LogP contribution in [0.4, 0.5) is 0 Å². The third kappa shape index (κ3) is 4.18. The predicted octanol–water partition coefficient (Wildman–Crippen LogP) is 2.44. The van der Waals surface area contributed by atoms with E-state index in [1.165, 1.54) is 38.4 Å². The van der Waals surface area contributed by atoms with Gasteiger partial charge in [-0.2, -0.15) is 0 Å². The second kappa shape index (κ2) is 7.67. The first-order valence-electron chi connectivity index (χ1n) is 7.73. The molecular formula is C18H22N2O4S. The maximum Gasteiger partial charge on any atom is 0.251 e. The fraction of sp³-hybridized carbons (Fsp3) is 0.278. The van der Waals surface area contributed by atoms with E-state index in [9.17, 15) is 13.2 Å². The zero-order chi connectivity index (χ0) is 18.6. The maximum absolute atomic E-state index is 12.4. The molecule has 0 fully saturated rings. The van der Waals surface area contributed by atoms with Gasteiger partial charge in [0.25, 0.3) is 5.91 Å². The molecule has 0 spiro atoms. The van der Waals surface area contributed by atoms with E-state index >= 15 is 0 Å². The summed E-state index contributed by atoms with van der Waals surface area (Å²) in [5, 5.41) is 2.89. The van der Waals surface area contributed by atoms with Crippen molar-refractivity contribution >= 4 is 15.9 Å². The Balaban J connectivity index is 2.16. The van der Waals surface area contributed by atoms with E-state index in [0.717, 1.165) is 9.87 Å². The minimum absolute atomic E-state index is 0.145. The van der Waals surface area contributed by atoms with Gasteiger partial charge in [-0.05, 0) is 37.3 Å². The summed E-state index contributed by atoms with van der Waals surface area (Å²) in [6.07, 6.45) is 0. The van der Waals surface area contributed by atoms with Crippen molar-refractivity contribution in [3.63, 3.8) is 0 Å². The molecule has 0 unspecified atom stereocenters. The van der Waals surface area contributed by atoms with Crippen LogP contribution in [0.15, 0.2) is 53.4 Å². The molecule has 0 heterocycles. The van der Waals surface area contributed by atoms with E-state index in [-0.39, 0.29) is 16.8 Å². The van der Waals surface area contributed by atoms with Gasteiger partial charge in [-0.15, -0.1) is 0 Å². The van der Waals surface area contributed by atoms with E-state index < -0.39 is 10.0 Å². The summed E-state index contributed by atoms with van der Waals surface area (Å²) >= 11 is 0. The fourth-order valence-electron chi connectivity index (χ4n) is 2.37. The molecular weight excluding hydrogens is 340 g/mol. The van der Waals surface area contributed by atoms with Gasteiger partial charge in [0.2, 0.25) is 10.0 Å². The Labute approximate surface area is 148 Å². The Morgan fingerprint density at radius 1 is 1.08 bits per heavy atom. The Kier molecular flexibility index (Phi) is 5.81. The zero-order valence-corrected chi connectivity index (χ0v) is 15.5. The lowest BCUT2D eigenvalue weighted by atomic mass is 10.1. The number of sulfonamides is 1. The van der Waals surface area contributed by atoms with Crippen LogP contribution in [-0.4, -0.2) is 39.8 Å². The number of hydrogen-bond acceptors (Lipinski definition) is 4. The van der Waals surface area contributed by atoms with Crippen LogP contribution in [0.25, 0.3) is 0 Å². The number of hydrogen-bond donors (Lipinski definition) is 1. The molecule has 1 N–H and O–H groups in total. The molecule has 0 aromatic heterocycles. The van der Waals surface area contributed by atoms with Crippen molar-refractivity contribution in [2.24, 2.45) is 0 Å². The van der Waals surface area contributed by atoms with Crippen LogP contribution >= 0.6 is 0 Å². The number of carbonyl (C=O) groups excluding carboxylic acids is 1. The average molecular weight is 362 g/mol. The number of nitrogens with one attached hydrogen (secondary N) is 1. The minimum atomic E-state index is -3.51. The summed E-state index contributed by atoms with van der Waals surface area (Å²) in [5.41, 5.74) is 1.25. The van der Waals surface area contributed by atoms with Crippen molar-refractivity contribution in [3.8, 4) is 5.75 Å². The predicted molar refractivity (Wildman–Crippen MR) is 96.2 cm³/mol. The van der Waals surface area contributed by atoms with E-state index in [2.05, 4.69) is 5.32 Å². The molecule has 0 saturated heterocycles. The summed E-state index contributed by atoms with van der Waals surface area (Å²) in [6.45, 7) is 1.86. The van der Waals surface area contributed by atoms with Gasteiger partial charge < -0.3 is 10.1 Å². The first-order valence-corrected chi connectivity index (χ1v) is 9.17. The Morgan fingerprint density at radius 3 is 2.24 bits per heavy atom. The van der Waals surface area contributed by atoms with Crippen LogP contribution in [0.2, 0.25) is 0 Å². The lowest BCUT2D eigenvalue weighted by Crippen LogP contribution is -2.27. The molecule has 25 heavy (non-hydrogen) atoms. The fourth-order valence-corrected chi connectivity index (χ4v) is 3.27. The lowest BCUT2D eigenvalue weighted by Gasteiger charge is -2.17. The molecule has 1 atom stereocenters. The lowest BCUT2D eigenvalue weighted by molar-refractivity contribution is 0.0939. The number of nitrogens with zero attached hydrogens (tertiary/aromatic N) is 1. The van der Waals surface area contributed by atoms with E-state index in [4.69, 9.17) is 4.74 Å². The van der Waals surface area contributed by atoms with Crippen molar-refractivity contribution < 1.29 is 17.9 Å². The molecule has 0 saturated carbocycles. The van der Waals surface area contributed by atoms with Crippen LogP contribution in [0.1, 0.15) is 28.9 Å². The molecule has 7 heteroatoms. The number of para-hydroxylation sites is 1. The van der Waals surface area contributed by atoms with Crippen molar-refractivity contribution in [1.29, 1.82) is 0 Å². The van der Waals surface area contributed by atoms with Crippen molar-refractivity contribution in [2.45, 2.75) is 17.9 Å². The number of ether oxygens (including phenoxy) is 1. The number of methoxy groups -OCH3 is 1. The van der Waals surface area contributed by atoms with E-state index in [0.29, 0.717) is 11.3 Å². The quantitative estimate of drug-likeness (QED) is 0.856.